The number of nitrogens with zero attached hydrogens (tertiary/aromatic N) is 2. The van der Waals surface area contributed by atoms with Crippen molar-refractivity contribution < 1.29 is 4.79 Å². The van der Waals surface area contributed by atoms with Gasteiger partial charge in [0.05, 0.1) is 5.69 Å². The topological polar surface area (TPSA) is 80.9 Å². The van der Waals surface area contributed by atoms with E-state index in [1.807, 2.05) is 0 Å². The standard InChI is InChI=1S/C11H18N4OS/c1-2-4-8-9(17-15-14-8)10(16)13-7-11(12)5-3-6-11/h2-7,12H2,1H3,(H,13,16). The molecule has 1 heterocycles. The number of nitrogens with two attached hydrogens (primary N) is 1. The summed E-state index contributed by atoms with van der Waals surface area (Å²) >= 11 is 1.16. The first-order valence-corrected chi connectivity index (χ1v) is 6.80. The predicted octanol–water partition coefficient (Wildman–Crippen LogP) is 1.10. The van der Waals surface area contributed by atoms with E-state index in [-0.39, 0.29) is 11.4 Å². The molecular weight excluding hydrogens is 236 g/mol. The lowest BCUT2D eigenvalue weighted by molar-refractivity contribution is 0.0932. The van der Waals surface area contributed by atoms with Crippen molar-refractivity contribution in [1.29, 1.82) is 0 Å². The summed E-state index contributed by atoms with van der Waals surface area (Å²) < 4.78 is 3.84. The van der Waals surface area contributed by atoms with Gasteiger partial charge in [0, 0.05) is 12.1 Å². The van der Waals surface area contributed by atoms with E-state index in [1.165, 1.54) is 0 Å². The molecule has 5 nitrogen and oxygen atoms in total. The molecule has 1 amide bonds. The van der Waals surface area contributed by atoms with E-state index in [1.54, 1.807) is 0 Å². The van der Waals surface area contributed by atoms with Crippen LogP contribution in [-0.4, -0.2) is 27.6 Å². The van der Waals surface area contributed by atoms with E-state index in [4.69, 9.17) is 5.73 Å². The third kappa shape index (κ3) is 2.81. The third-order valence-corrected chi connectivity index (χ3v) is 3.97. The molecule has 1 aliphatic rings. The van der Waals surface area contributed by atoms with Crippen LogP contribution in [0.1, 0.15) is 48.0 Å². The number of aryl methyl sites for hydroxylation is 1. The Labute approximate surface area is 105 Å². The van der Waals surface area contributed by atoms with Crippen molar-refractivity contribution in [2.75, 3.05) is 6.54 Å². The molecule has 0 aromatic carbocycles. The fourth-order valence-corrected chi connectivity index (χ4v) is 2.55. The van der Waals surface area contributed by atoms with Gasteiger partial charge in [0.1, 0.15) is 4.88 Å². The molecule has 1 aromatic rings. The minimum atomic E-state index is -0.182. The molecule has 3 N–H and O–H groups in total. The maximum absolute atomic E-state index is 12.0. The second kappa shape index (κ2) is 5.10. The first-order chi connectivity index (χ1) is 8.14. The summed E-state index contributed by atoms with van der Waals surface area (Å²) in [4.78, 5) is 12.6. The molecule has 2 rings (SSSR count). The van der Waals surface area contributed by atoms with E-state index in [0.717, 1.165) is 49.3 Å². The van der Waals surface area contributed by atoms with Crippen LogP contribution in [0.15, 0.2) is 0 Å². The highest BCUT2D eigenvalue weighted by Crippen LogP contribution is 2.28. The van der Waals surface area contributed by atoms with Crippen LogP contribution in [0.2, 0.25) is 0 Å². The van der Waals surface area contributed by atoms with Gasteiger partial charge < -0.3 is 11.1 Å². The smallest absolute Gasteiger partial charge is 0.265 e. The Morgan fingerprint density at radius 3 is 2.94 bits per heavy atom. The summed E-state index contributed by atoms with van der Waals surface area (Å²) in [5, 5.41) is 6.87. The number of carbonyl (C=O) groups is 1. The molecule has 0 spiro atoms. The van der Waals surface area contributed by atoms with Gasteiger partial charge in [-0.1, -0.05) is 17.8 Å². The minimum absolute atomic E-state index is 0.0832. The van der Waals surface area contributed by atoms with Crippen LogP contribution < -0.4 is 11.1 Å². The SMILES string of the molecule is CCCc1nnsc1C(=O)NCC1(N)CCC1. The molecule has 0 unspecified atom stereocenters. The number of carbonyl (C=O) groups excluding carboxylic acids is 1. The Kier molecular flexibility index (Phi) is 3.73. The van der Waals surface area contributed by atoms with Gasteiger partial charge in [-0.05, 0) is 37.2 Å². The quantitative estimate of drug-likeness (QED) is 0.824. The van der Waals surface area contributed by atoms with E-state index >= 15 is 0 Å². The molecule has 6 heteroatoms. The third-order valence-electron chi connectivity index (χ3n) is 3.20. The van der Waals surface area contributed by atoms with Crippen LogP contribution in [-0.2, 0) is 6.42 Å². The molecule has 17 heavy (non-hydrogen) atoms. The van der Waals surface area contributed by atoms with Crippen molar-refractivity contribution in [3.8, 4) is 0 Å². The summed E-state index contributed by atoms with van der Waals surface area (Å²) in [6.07, 6.45) is 4.92. The maximum atomic E-state index is 12.0. The molecule has 1 saturated carbocycles. The predicted molar refractivity (Wildman–Crippen MR) is 67.0 cm³/mol. The Hall–Kier alpha value is -1.01. The second-order valence-electron chi connectivity index (χ2n) is 4.70. The minimum Gasteiger partial charge on any atom is -0.349 e. The average Bonchev–Trinajstić information content (AvgIpc) is 2.72. The Balaban J connectivity index is 1.92. The second-order valence-corrected chi connectivity index (χ2v) is 5.45. The lowest BCUT2D eigenvalue weighted by Gasteiger charge is -2.38. The lowest BCUT2D eigenvalue weighted by Crippen LogP contribution is -2.54. The van der Waals surface area contributed by atoms with E-state index in [9.17, 15) is 4.79 Å². The van der Waals surface area contributed by atoms with Crippen molar-refractivity contribution in [3.05, 3.63) is 10.6 Å². The summed E-state index contributed by atoms with van der Waals surface area (Å²) in [5.41, 5.74) is 6.68. The lowest BCUT2D eigenvalue weighted by atomic mass is 9.78. The highest BCUT2D eigenvalue weighted by molar-refractivity contribution is 7.08. The van der Waals surface area contributed by atoms with Gasteiger partial charge in [-0.25, -0.2) is 0 Å². The average molecular weight is 254 g/mol. The van der Waals surface area contributed by atoms with E-state index in [0.29, 0.717) is 11.4 Å². The highest BCUT2D eigenvalue weighted by atomic mass is 32.1. The normalized spacial score (nSPS) is 17.5. The maximum Gasteiger partial charge on any atom is 0.265 e. The van der Waals surface area contributed by atoms with Gasteiger partial charge in [0.2, 0.25) is 0 Å². The highest BCUT2D eigenvalue weighted by Gasteiger charge is 2.33. The molecule has 1 aliphatic carbocycles. The molecule has 0 atom stereocenters. The monoisotopic (exact) mass is 254 g/mol. The van der Waals surface area contributed by atoms with Crippen LogP contribution in [0.3, 0.4) is 0 Å². The molecule has 1 fully saturated rings. The first-order valence-electron chi connectivity index (χ1n) is 6.03. The van der Waals surface area contributed by atoms with Crippen molar-refractivity contribution in [3.63, 3.8) is 0 Å². The number of nitrogens with one attached hydrogen (secondary N) is 1. The van der Waals surface area contributed by atoms with E-state index < -0.39 is 0 Å². The Morgan fingerprint density at radius 2 is 2.35 bits per heavy atom. The summed E-state index contributed by atoms with van der Waals surface area (Å²) in [7, 11) is 0. The van der Waals surface area contributed by atoms with Crippen LogP contribution in [0.5, 0.6) is 0 Å². The van der Waals surface area contributed by atoms with Crippen LogP contribution >= 0.6 is 11.5 Å². The fraction of sp³-hybridized carbons (Fsp3) is 0.727. The molecule has 94 valence electrons. The van der Waals surface area contributed by atoms with Crippen LogP contribution in [0.25, 0.3) is 0 Å². The fourth-order valence-electron chi connectivity index (χ4n) is 1.93. The van der Waals surface area contributed by atoms with Crippen molar-refractivity contribution in [2.24, 2.45) is 5.73 Å². The van der Waals surface area contributed by atoms with E-state index in [2.05, 4.69) is 21.8 Å². The molecule has 0 bridgehead atoms. The number of hydrogen-bond donors (Lipinski definition) is 2. The molecule has 0 radical (unpaired) electrons. The van der Waals surface area contributed by atoms with Gasteiger partial charge in [-0.3, -0.25) is 4.79 Å². The zero-order valence-electron chi connectivity index (χ0n) is 10.0. The Morgan fingerprint density at radius 1 is 1.59 bits per heavy atom. The van der Waals surface area contributed by atoms with Crippen LogP contribution in [0, 0.1) is 0 Å². The molecule has 0 saturated heterocycles. The van der Waals surface area contributed by atoms with Gasteiger partial charge in [-0.15, -0.1) is 5.10 Å². The Bertz CT molecular complexity index is 400. The summed E-state index contributed by atoms with van der Waals surface area (Å²) in [6.45, 7) is 2.61. The van der Waals surface area contributed by atoms with Crippen molar-refractivity contribution in [1.82, 2.24) is 14.9 Å². The van der Waals surface area contributed by atoms with Gasteiger partial charge in [-0.2, -0.15) is 0 Å². The zero-order chi connectivity index (χ0) is 12.3. The van der Waals surface area contributed by atoms with Crippen LogP contribution in [0.4, 0.5) is 0 Å². The number of amides is 1. The van der Waals surface area contributed by atoms with Gasteiger partial charge >= 0.3 is 0 Å². The molecule has 0 aliphatic heterocycles. The van der Waals surface area contributed by atoms with Gasteiger partial charge in [0.15, 0.2) is 0 Å². The van der Waals surface area contributed by atoms with Crippen molar-refractivity contribution in [2.45, 2.75) is 44.6 Å². The number of rotatable bonds is 5. The summed E-state index contributed by atoms with van der Waals surface area (Å²) in [6, 6.07) is 0. The summed E-state index contributed by atoms with van der Waals surface area (Å²) in [5.74, 6) is -0.0832. The molecule has 1 aromatic heterocycles. The zero-order valence-corrected chi connectivity index (χ0v) is 10.8. The number of aromatic nitrogens is 2. The first kappa shape index (κ1) is 12.4. The largest absolute Gasteiger partial charge is 0.349 e. The van der Waals surface area contributed by atoms with Crippen molar-refractivity contribution >= 4 is 17.4 Å². The van der Waals surface area contributed by atoms with Gasteiger partial charge in [0.25, 0.3) is 5.91 Å². The molecular formula is C11H18N4OS. The number of hydrogen-bond acceptors (Lipinski definition) is 5.